The zero-order chi connectivity index (χ0) is 23.2. The first-order chi connectivity index (χ1) is 16.0. The van der Waals surface area contributed by atoms with E-state index in [1.165, 1.54) is 23.1 Å². The van der Waals surface area contributed by atoms with E-state index in [9.17, 15) is 9.59 Å². The lowest BCUT2D eigenvalue weighted by atomic mass is 10.1. The van der Waals surface area contributed by atoms with E-state index in [0.717, 1.165) is 16.8 Å². The zero-order valence-corrected chi connectivity index (χ0v) is 19.7. The zero-order valence-electron chi connectivity index (χ0n) is 18.1. The van der Waals surface area contributed by atoms with Crippen molar-refractivity contribution in [2.24, 2.45) is 7.05 Å². The van der Waals surface area contributed by atoms with Gasteiger partial charge < -0.3 is 15.2 Å². The average Bonchev–Trinajstić information content (AvgIpc) is 3.43. The minimum Gasteiger partial charge on any atom is -0.345 e. The largest absolute Gasteiger partial charge is 0.345 e. The van der Waals surface area contributed by atoms with E-state index < -0.39 is 0 Å². The molecular weight excluding hydrogens is 456 g/mol. The van der Waals surface area contributed by atoms with Gasteiger partial charge in [-0.25, -0.2) is 4.98 Å². The number of aromatic nitrogens is 4. The summed E-state index contributed by atoms with van der Waals surface area (Å²) in [6.07, 6.45) is 0. The Bertz CT molecular complexity index is 1270. The number of amides is 2. The molecule has 2 heterocycles. The highest BCUT2D eigenvalue weighted by atomic mass is 32.2. The van der Waals surface area contributed by atoms with Gasteiger partial charge >= 0.3 is 0 Å². The Labute approximate surface area is 199 Å². The molecule has 0 radical (unpaired) electrons. The Morgan fingerprint density at radius 1 is 1.06 bits per heavy atom. The number of rotatable bonds is 8. The lowest BCUT2D eigenvalue weighted by Crippen LogP contribution is -2.25. The molecule has 0 saturated carbocycles. The minimum atomic E-state index is -0.175. The van der Waals surface area contributed by atoms with Crippen molar-refractivity contribution in [3.8, 4) is 11.3 Å². The number of nitrogens with one attached hydrogen (secondary N) is 2. The Balaban J connectivity index is 1.29. The average molecular weight is 479 g/mol. The summed E-state index contributed by atoms with van der Waals surface area (Å²) < 4.78 is 1.77. The number of thioether (sulfide) groups is 1. The molecule has 2 aromatic heterocycles. The molecule has 0 aliphatic rings. The van der Waals surface area contributed by atoms with Crippen molar-refractivity contribution in [2.75, 3.05) is 11.1 Å². The number of anilines is 1. The molecule has 8 nitrogen and oxygen atoms in total. The molecule has 0 bridgehead atoms. The van der Waals surface area contributed by atoms with Crippen molar-refractivity contribution in [3.63, 3.8) is 0 Å². The molecule has 2 aromatic carbocycles. The highest BCUT2D eigenvalue weighted by Gasteiger charge is 2.14. The van der Waals surface area contributed by atoms with Crippen molar-refractivity contribution in [3.05, 3.63) is 76.9 Å². The van der Waals surface area contributed by atoms with Gasteiger partial charge in [0.25, 0.3) is 5.91 Å². The topological polar surface area (TPSA) is 102 Å². The van der Waals surface area contributed by atoms with Gasteiger partial charge in [0.05, 0.1) is 18.0 Å². The quantitative estimate of drug-likeness (QED) is 0.372. The van der Waals surface area contributed by atoms with Gasteiger partial charge in [0.1, 0.15) is 0 Å². The molecule has 2 N–H and O–H groups in total. The van der Waals surface area contributed by atoms with Crippen LogP contribution in [0.2, 0.25) is 0 Å². The first kappa shape index (κ1) is 22.7. The van der Waals surface area contributed by atoms with Crippen LogP contribution >= 0.6 is 23.1 Å². The maximum Gasteiger partial charge on any atom is 0.251 e. The Kier molecular flexibility index (Phi) is 7.16. The molecule has 0 aliphatic heterocycles. The highest BCUT2D eigenvalue weighted by molar-refractivity contribution is 7.99. The Morgan fingerprint density at radius 3 is 2.61 bits per heavy atom. The van der Waals surface area contributed by atoms with Gasteiger partial charge in [-0.05, 0) is 18.6 Å². The smallest absolute Gasteiger partial charge is 0.251 e. The van der Waals surface area contributed by atoms with Gasteiger partial charge in [0.15, 0.2) is 16.1 Å². The molecular formula is C23H22N6O2S2. The summed E-state index contributed by atoms with van der Waals surface area (Å²) >= 11 is 2.66. The molecule has 4 aromatic rings. The fourth-order valence-electron chi connectivity index (χ4n) is 3.07. The molecule has 0 spiro atoms. The monoisotopic (exact) mass is 478 g/mol. The summed E-state index contributed by atoms with van der Waals surface area (Å²) in [6.45, 7) is 2.13. The van der Waals surface area contributed by atoms with E-state index in [-0.39, 0.29) is 24.1 Å². The number of nitrogens with zero attached hydrogens (tertiary/aromatic N) is 4. The highest BCUT2D eigenvalue weighted by Crippen LogP contribution is 2.25. The number of hydrogen-bond acceptors (Lipinski definition) is 7. The van der Waals surface area contributed by atoms with Gasteiger partial charge in [-0.2, -0.15) is 0 Å². The van der Waals surface area contributed by atoms with Crippen LogP contribution in [0.15, 0.2) is 65.1 Å². The maximum atomic E-state index is 12.4. The van der Waals surface area contributed by atoms with Crippen molar-refractivity contribution >= 4 is 40.0 Å². The van der Waals surface area contributed by atoms with E-state index in [1.54, 1.807) is 10.6 Å². The van der Waals surface area contributed by atoms with E-state index >= 15 is 0 Å². The van der Waals surface area contributed by atoms with E-state index in [0.29, 0.717) is 21.7 Å². The number of carbonyl (C=O) groups excluding carboxylic acids is 2. The molecule has 0 unspecified atom stereocenters. The molecule has 2 amide bonds. The van der Waals surface area contributed by atoms with E-state index in [4.69, 9.17) is 0 Å². The Hall–Kier alpha value is -3.50. The summed E-state index contributed by atoms with van der Waals surface area (Å²) in [5, 5.41) is 17.0. The second-order valence-electron chi connectivity index (χ2n) is 7.20. The van der Waals surface area contributed by atoms with Crippen LogP contribution in [0.3, 0.4) is 0 Å². The van der Waals surface area contributed by atoms with Crippen LogP contribution < -0.4 is 10.6 Å². The second kappa shape index (κ2) is 10.4. The third-order valence-corrected chi connectivity index (χ3v) is 6.65. The van der Waals surface area contributed by atoms with Crippen LogP contribution in [0.4, 0.5) is 5.13 Å². The van der Waals surface area contributed by atoms with Crippen LogP contribution in [0.25, 0.3) is 11.3 Å². The van der Waals surface area contributed by atoms with Crippen LogP contribution in [0.5, 0.6) is 0 Å². The van der Waals surface area contributed by atoms with Crippen molar-refractivity contribution in [1.29, 1.82) is 0 Å². The predicted molar refractivity (Wildman–Crippen MR) is 130 cm³/mol. The summed E-state index contributed by atoms with van der Waals surface area (Å²) in [5.74, 6) is 0.434. The van der Waals surface area contributed by atoms with Crippen molar-refractivity contribution in [1.82, 2.24) is 25.1 Å². The first-order valence-corrected chi connectivity index (χ1v) is 12.0. The number of hydrogen-bond donors (Lipinski definition) is 2. The fraction of sp³-hybridized carbons (Fsp3) is 0.174. The van der Waals surface area contributed by atoms with Crippen LogP contribution in [0.1, 0.15) is 21.7 Å². The van der Waals surface area contributed by atoms with Gasteiger partial charge in [0, 0.05) is 23.6 Å². The number of benzene rings is 2. The maximum absolute atomic E-state index is 12.4. The van der Waals surface area contributed by atoms with Gasteiger partial charge in [0.2, 0.25) is 5.91 Å². The third kappa shape index (κ3) is 5.65. The van der Waals surface area contributed by atoms with E-state index in [1.807, 2.05) is 67.9 Å². The summed E-state index contributed by atoms with van der Waals surface area (Å²) in [5.41, 5.74) is 3.37. The van der Waals surface area contributed by atoms with Gasteiger partial charge in [-0.1, -0.05) is 60.3 Å². The van der Waals surface area contributed by atoms with Crippen LogP contribution in [-0.4, -0.2) is 37.3 Å². The van der Waals surface area contributed by atoms with Crippen molar-refractivity contribution in [2.45, 2.75) is 18.6 Å². The first-order valence-electron chi connectivity index (χ1n) is 10.2. The summed E-state index contributed by atoms with van der Waals surface area (Å²) in [7, 11) is 1.81. The summed E-state index contributed by atoms with van der Waals surface area (Å²) in [6, 6.07) is 17.2. The van der Waals surface area contributed by atoms with Crippen LogP contribution in [-0.2, 0) is 18.4 Å². The Morgan fingerprint density at radius 2 is 1.82 bits per heavy atom. The molecule has 4 rings (SSSR count). The molecule has 0 aliphatic carbocycles. The summed E-state index contributed by atoms with van der Waals surface area (Å²) in [4.78, 5) is 29.3. The molecule has 168 valence electrons. The van der Waals surface area contributed by atoms with E-state index in [2.05, 4.69) is 25.8 Å². The lowest BCUT2D eigenvalue weighted by molar-refractivity contribution is -0.113. The molecule has 33 heavy (non-hydrogen) atoms. The van der Waals surface area contributed by atoms with Crippen molar-refractivity contribution < 1.29 is 9.59 Å². The number of thiazole rings is 1. The molecule has 0 saturated heterocycles. The van der Waals surface area contributed by atoms with Gasteiger partial charge in [-0.15, -0.1) is 21.5 Å². The number of carbonyl (C=O) groups is 2. The normalized spacial score (nSPS) is 10.7. The predicted octanol–water partition coefficient (Wildman–Crippen LogP) is 3.91. The number of aryl methyl sites for hydroxylation is 1. The molecule has 0 atom stereocenters. The minimum absolute atomic E-state index is 0.164. The third-order valence-electron chi connectivity index (χ3n) is 4.87. The second-order valence-corrected chi connectivity index (χ2v) is 9.00. The van der Waals surface area contributed by atoms with Crippen LogP contribution in [0, 0.1) is 6.92 Å². The lowest BCUT2D eigenvalue weighted by Gasteiger charge is -2.07. The molecule has 10 heteroatoms. The molecule has 0 fully saturated rings. The standard InChI is InChI=1S/C23H22N6O2S2/c1-15-8-6-7-11-17(15)21(31)24-12-19-27-28-23(29(19)2)33-14-20(30)26-22-25-18(13-32-22)16-9-4-3-5-10-16/h3-11,13H,12,14H2,1-2H3,(H,24,31)(H,25,26,30). The fourth-order valence-corrected chi connectivity index (χ4v) is 4.53. The SMILES string of the molecule is Cc1ccccc1C(=O)NCc1nnc(SCC(=O)Nc2nc(-c3ccccc3)cs2)n1C. The van der Waals surface area contributed by atoms with Gasteiger partial charge in [-0.3, -0.25) is 9.59 Å².